The number of aromatic nitrogens is 1. The van der Waals surface area contributed by atoms with E-state index in [9.17, 15) is 9.59 Å². The van der Waals surface area contributed by atoms with Crippen LogP contribution >= 0.6 is 11.6 Å². The molecule has 0 spiro atoms. The monoisotopic (exact) mass is 414 g/mol. The predicted octanol–water partition coefficient (Wildman–Crippen LogP) is 1.74. The number of carbonyl (C=O) groups is 2. The Kier molecular flexibility index (Phi) is 5.43. The molecule has 3 heterocycles. The number of amides is 2. The van der Waals surface area contributed by atoms with Crippen molar-refractivity contribution in [1.82, 2.24) is 9.88 Å². The summed E-state index contributed by atoms with van der Waals surface area (Å²) in [7, 11) is 0. The zero-order valence-corrected chi connectivity index (χ0v) is 16.8. The molecular formula is C21H23ClN4O3. The van der Waals surface area contributed by atoms with E-state index in [-0.39, 0.29) is 5.91 Å². The van der Waals surface area contributed by atoms with Crippen LogP contribution < -0.4 is 10.6 Å². The molecule has 152 valence electrons. The lowest BCUT2D eigenvalue weighted by molar-refractivity contribution is -0.135. The summed E-state index contributed by atoms with van der Waals surface area (Å²) in [6, 6.07) is 11.0. The van der Waals surface area contributed by atoms with E-state index in [1.807, 2.05) is 18.2 Å². The second kappa shape index (κ2) is 8.00. The highest BCUT2D eigenvalue weighted by Gasteiger charge is 2.50. The molecule has 0 radical (unpaired) electrons. The number of hydrogen-bond donors (Lipinski definition) is 1. The number of pyridine rings is 1. The van der Waals surface area contributed by atoms with E-state index < -0.39 is 11.3 Å². The standard InChI is InChI=1S/C21H23ClN4O3/c22-17-4-1-15(2-5-17)11-21(20(23)28)13-26(14-21)19(27)16-3-6-18(24-12-16)25-7-9-29-10-8-25/h1-6,12H,7-11,13-14H2,(H2,23,28). The largest absolute Gasteiger partial charge is 0.378 e. The Labute approximate surface area is 174 Å². The summed E-state index contributed by atoms with van der Waals surface area (Å²) in [6.07, 6.45) is 2.08. The third-order valence-electron chi connectivity index (χ3n) is 5.58. The number of rotatable bonds is 5. The molecule has 1 aromatic heterocycles. The molecule has 2 N–H and O–H groups in total. The summed E-state index contributed by atoms with van der Waals surface area (Å²) < 4.78 is 5.35. The lowest BCUT2D eigenvalue weighted by Gasteiger charge is -2.48. The topological polar surface area (TPSA) is 88.8 Å². The first-order valence-electron chi connectivity index (χ1n) is 9.59. The minimum Gasteiger partial charge on any atom is -0.378 e. The minimum atomic E-state index is -0.745. The first-order chi connectivity index (χ1) is 14.0. The number of benzene rings is 1. The fourth-order valence-corrected chi connectivity index (χ4v) is 3.98. The number of anilines is 1. The summed E-state index contributed by atoms with van der Waals surface area (Å²) in [5, 5.41) is 0.639. The van der Waals surface area contributed by atoms with Gasteiger partial charge >= 0.3 is 0 Å². The Morgan fingerprint density at radius 3 is 2.38 bits per heavy atom. The molecule has 2 aliphatic heterocycles. The van der Waals surface area contributed by atoms with Crippen LogP contribution in [-0.4, -0.2) is 61.1 Å². The summed E-state index contributed by atoms with van der Waals surface area (Å²) in [4.78, 5) is 33.1. The van der Waals surface area contributed by atoms with Gasteiger partial charge < -0.3 is 20.3 Å². The molecule has 2 aromatic rings. The van der Waals surface area contributed by atoms with Gasteiger partial charge in [-0.05, 0) is 36.2 Å². The van der Waals surface area contributed by atoms with Gasteiger partial charge in [-0.2, -0.15) is 0 Å². The molecule has 2 fully saturated rings. The van der Waals surface area contributed by atoms with Crippen molar-refractivity contribution in [2.24, 2.45) is 11.1 Å². The molecule has 0 saturated carbocycles. The highest BCUT2D eigenvalue weighted by molar-refractivity contribution is 6.30. The van der Waals surface area contributed by atoms with E-state index in [4.69, 9.17) is 22.1 Å². The van der Waals surface area contributed by atoms with Crippen LogP contribution in [0.4, 0.5) is 5.82 Å². The number of carbonyl (C=O) groups excluding carboxylic acids is 2. The number of halogens is 1. The van der Waals surface area contributed by atoms with Gasteiger partial charge in [0.25, 0.3) is 5.91 Å². The number of morpholine rings is 1. The Bertz CT molecular complexity index is 889. The molecule has 29 heavy (non-hydrogen) atoms. The molecule has 0 unspecified atom stereocenters. The first kappa shape index (κ1) is 19.7. The molecular weight excluding hydrogens is 392 g/mol. The van der Waals surface area contributed by atoms with Gasteiger partial charge in [0.1, 0.15) is 5.82 Å². The number of likely N-dealkylation sites (tertiary alicyclic amines) is 1. The summed E-state index contributed by atoms with van der Waals surface area (Å²) >= 11 is 5.93. The first-order valence-corrected chi connectivity index (χ1v) is 9.97. The van der Waals surface area contributed by atoms with Gasteiger partial charge in [-0.3, -0.25) is 9.59 Å². The van der Waals surface area contributed by atoms with E-state index in [0.717, 1.165) is 24.5 Å². The second-order valence-electron chi connectivity index (χ2n) is 7.61. The van der Waals surface area contributed by atoms with Crippen molar-refractivity contribution < 1.29 is 14.3 Å². The Balaban J connectivity index is 1.41. The lowest BCUT2D eigenvalue weighted by atomic mass is 9.74. The smallest absolute Gasteiger partial charge is 0.255 e. The molecule has 0 aliphatic carbocycles. The van der Waals surface area contributed by atoms with Crippen molar-refractivity contribution in [3.8, 4) is 0 Å². The summed E-state index contributed by atoms with van der Waals surface area (Å²) in [5.41, 5.74) is 6.41. The highest BCUT2D eigenvalue weighted by atomic mass is 35.5. The number of ether oxygens (including phenoxy) is 1. The van der Waals surface area contributed by atoms with Crippen LogP contribution in [0.15, 0.2) is 42.6 Å². The Hall–Kier alpha value is -2.64. The van der Waals surface area contributed by atoms with Crippen molar-refractivity contribution in [3.05, 3.63) is 58.7 Å². The van der Waals surface area contributed by atoms with Crippen molar-refractivity contribution in [3.63, 3.8) is 0 Å². The van der Waals surface area contributed by atoms with Gasteiger partial charge in [-0.15, -0.1) is 0 Å². The van der Waals surface area contributed by atoms with Crippen LogP contribution in [0.2, 0.25) is 5.02 Å². The number of primary amides is 1. The molecule has 1 aromatic carbocycles. The van der Waals surface area contributed by atoms with Gasteiger partial charge in [-0.25, -0.2) is 4.98 Å². The second-order valence-corrected chi connectivity index (χ2v) is 8.05. The van der Waals surface area contributed by atoms with Gasteiger partial charge in [0.05, 0.1) is 24.2 Å². The molecule has 7 nitrogen and oxygen atoms in total. The van der Waals surface area contributed by atoms with Crippen molar-refractivity contribution in [1.29, 1.82) is 0 Å². The third kappa shape index (κ3) is 4.06. The average Bonchev–Trinajstić information content (AvgIpc) is 2.72. The van der Waals surface area contributed by atoms with Crippen LogP contribution in [0.3, 0.4) is 0 Å². The number of nitrogens with two attached hydrogens (primary N) is 1. The van der Waals surface area contributed by atoms with E-state index >= 15 is 0 Å². The predicted molar refractivity (Wildman–Crippen MR) is 110 cm³/mol. The average molecular weight is 415 g/mol. The highest BCUT2D eigenvalue weighted by Crippen LogP contribution is 2.35. The van der Waals surface area contributed by atoms with Crippen LogP contribution in [0.1, 0.15) is 15.9 Å². The van der Waals surface area contributed by atoms with Gasteiger partial charge in [0.15, 0.2) is 0 Å². The lowest BCUT2D eigenvalue weighted by Crippen LogP contribution is -2.64. The maximum absolute atomic E-state index is 12.8. The quantitative estimate of drug-likeness (QED) is 0.805. The maximum atomic E-state index is 12.8. The minimum absolute atomic E-state index is 0.140. The SMILES string of the molecule is NC(=O)C1(Cc2ccc(Cl)cc2)CN(C(=O)c2ccc(N3CCOCC3)nc2)C1. The molecule has 2 aliphatic rings. The normalized spacial score (nSPS) is 18.2. The summed E-state index contributed by atoms with van der Waals surface area (Å²) in [5.74, 6) is 0.305. The van der Waals surface area contributed by atoms with Gasteiger partial charge in [0, 0.05) is 37.4 Å². The van der Waals surface area contributed by atoms with E-state index in [2.05, 4.69) is 9.88 Å². The molecule has 2 amide bonds. The van der Waals surface area contributed by atoms with Crippen LogP contribution in [-0.2, 0) is 16.0 Å². The molecule has 4 rings (SSSR count). The molecule has 0 bridgehead atoms. The van der Waals surface area contributed by atoms with Crippen LogP contribution in [0, 0.1) is 5.41 Å². The summed E-state index contributed by atoms with van der Waals surface area (Å²) in [6.45, 7) is 3.54. The van der Waals surface area contributed by atoms with Crippen LogP contribution in [0.5, 0.6) is 0 Å². The third-order valence-corrected chi connectivity index (χ3v) is 5.83. The zero-order valence-electron chi connectivity index (χ0n) is 16.0. The molecule has 2 saturated heterocycles. The van der Waals surface area contributed by atoms with Gasteiger partial charge in [0.2, 0.25) is 5.91 Å². The molecule has 0 atom stereocenters. The van der Waals surface area contributed by atoms with Gasteiger partial charge in [-0.1, -0.05) is 23.7 Å². The maximum Gasteiger partial charge on any atom is 0.255 e. The zero-order chi connectivity index (χ0) is 20.4. The fraction of sp³-hybridized carbons (Fsp3) is 0.381. The Morgan fingerprint density at radius 2 is 1.79 bits per heavy atom. The van der Waals surface area contributed by atoms with E-state index in [1.165, 1.54) is 0 Å². The number of hydrogen-bond acceptors (Lipinski definition) is 5. The number of nitrogens with zero attached hydrogens (tertiary/aromatic N) is 3. The molecule has 8 heteroatoms. The van der Waals surface area contributed by atoms with E-state index in [1.54, 1.807) is 29.3 Å². The van der Waals surface area contributed by atoms with Crippen molar-refractivity contribution >= 4 is 29.2 Å². The van der Waals surface area contributed by atoms with E-state index in [0.29, 0.717) is 43.3 Å². The van der Waals surface area contributed by atoms with Crippen LogP contribution in [0.25, 0.3) is 0 Å². The van der Waals surface area contributed by atoms with Crippen molar-refractivity contribution in [2.75, 3.05) is 44.3 Å². The van der Waals surface area contributed by atoms with Crippen molar-refractivity contribution in [2.45, 2.75) is 6.42 Å². The fourth-order valence-electron chi connectivity index (χ4n) is 3.85. The Morgan fingerprint density at radius 1 is 1.10 bits per heavy atom.